The molecule has 0 amide bonds. The van der Waals surface area contributed by atoms with Crippen molar-refractivity contribution in [1.29, 1.82) is 0 Å². The molecule has 0 saturated heterocycles. The second-order valence-electron chi connectivity index (χ2n) is 7.50. The van der Waals surface area contributed by atoms with Crippen LogP contribution in [0.2, 0.25) is 0 Å². The quantitative estimate of drug-likeness (QED) is 0.263. The van der Waals surface area contributed by atoms with E-state index < -0.39 is 5.60 Å². The molecule has 1 aliphatic rings. The fourth-order valence-corrected chi connectivity index (χ4v) is 3.82. The smallest absolute Gasteiger partial charge is 0.191 e. The number of hydrogen-bond acceptors (Lipinski definition) is 3. The molecule has 1 saturated carbocycles. The summed E-state index contributed by atoms with van der Waals surface area (Å²) in [5.74, 6) is 0.744. The number of aliphatic hydroxyl groups is 1. The van der Waals surface area contributed by atoms with Gasteiger partial charge < -0.3 is 15.7 Å². The van der Waals surface area contributed by atoms with Crippen molar-refractivity contribution in [3.63, 3.8) is 0 Å². The lowest BCUT2D eigenvalue weighted by Crippen LogP contribution is -2.47. The Kier molecular flexibility index (Phi) is 11.3. The molecule has 0 bridgehead atoms. The molecule has 1 fully saturated rings. The van der Waals surface area contributed by atoms with Crippen LogP contribution in [0.3, 0.4) is 0 Å². The van der Waals surface area contributed by atoms with Gasteiger partial charge in [-0.05, 0) is 38.7 Å². The molecule has 1 heterocycles. The molecule has 2 rings (SSSR count). The molecule has 0 aliphatic heterocycles. The van der Waals surface area contributed by atoms with Crippen molar-refractivity contribution < 1.29 is 5.11 Å². The molecule has 0 atom stereocenters. The van der Waals surface area contributed by atoms with Crippen LogP contribution in [-0.4, -0.2) is 39.5 Å². The van der Waals surface area contributed by atoms with Gasteiger partial charge in [-0.1, -0.05) is 39.5 Å². The average Bonchev–Trinajstić information content (AvgIpc) is 3.29. The minimum Gasteiger partial charge on any atom is -0.388 e. The Labute approximate surface area is 181 Å². The van der Waals surface area contributed by atoms with E-state index in [1.165, 1.54) is 25.7 Å². The monoisotopic (exact) mass is 491 g/mol. The van der Waals surface area contributed by atoms with Gasteiger partial charge >= 0.3 is 0 Å². The third kappa shape index (κ3) is 7.97. The zero-order valence-corrected chi connectivity index (χ0v) is 19.5. The molecule has 156 valence electrons. The normalized spacial score (nSPS) is 15.6. The molecule has 0 unspecified atom stereocenters. The molecule has 1 aromatic heterocycles. The highest BCUT2D eigenvalue weighted by atomic mass is 127. The molecule has 0 aromatic carbocycles. The summed E-state index contributed by atoms with van der Waals surface area (Å²) in [6.07, 6.45) is 10.7. The van der Waals surface area contributed by atoms with E-state index in [1.807, 2.05) is 0 Å². The zero-order valence-electron chi connectivity index (χ0n) is 17.2. The molecule has 1 aliphatic carbocycles. The maximum absolute atomic E-state index is 10.8. The highest BCUT2D eigenvalue weighted by molar-refractivity contribution is 14.0. The number of aromatic nitrogens is 2. The van der Waals surface area contributed by atoms with Crippen molar-refractivity contribution >= 4 is 29.9 Å². The first kappa shape index (κ1) is 24.2. The van der Waals surface area contributed by atoms with Gasteiger partial charge in [0.1, 0.15) is 0 Å². The van der Waals surface area contributed by atoms with Crippen molar-refractivity contribution in [2.45, 2.75) is 90.3 Å². The second-order valence-corrected chi connectivity index (χ2v) is 7.50. The Morgan fingerprint density at radius 3 is 2.48 bits per heavy atom. The molecular formula is C20H38IN5O. The highest BCUT2D eigenvalue weighted by Crippen LogP contribution is 2.28. The molecular weight excluding hydrogens is 453 g/mol. The zero-order chi connectivity index (χ0) is 18.8. The van der Waals surface area contributed by atoms with Crippen LogP contribution < -0.4 is 10.6 Å². The molecule has 3 N–H and O–H groups in total. The Morgan fingerprint density at radius 2 is 1.89 bits per heavy atom. The van der Waals surface area contributed by atoms with Crippen LogP contribution in [0.5, 0.6) is 0 Å². The van der Waals surface area contributed by atoms with Crippen LogP contribution in [0.1, 0.15) is 83.9 Å². The lowest BCUT2D eigenvalue weighted by Gasteiger charge is -2.28. The highest BCUT2D eigenvalue weighted by Gasteiger charge is 2.25. The summed E-state index contributed by atoms with van der Waals surface area (Å²) in [6, 6.07) is 2.63. The summed E-state index contributed by atoms with van der Waals surface area (Å²) in [6.45, 7) is 8.14. The average molecular weight is 491 g/mol. The lowest BCUT2D eigenvalue weighted by atomic mass is 9.93. The fourth-order valence-electron chi connectivity index (χ4n) is 3.82. The van der Waals surface area contributed by atoms with Gasteiger partial charge in [0, 0.05) is 19.3 Å². The Bertz CT molecular complexity index is 548. The number of nitrogens with one attached hydrogen (secondary N) is 2. The molecule has 0 spiro atoms. The first-order valence-electron chi connectivity index (χ1n) is 10.4. The summed E-state index contributed by atoms with van der Waals surface area (Å²) in [5.41, 5.74) is 0.329. The Balaban J connectivity index is 0.00000364. The van der Waals surface area contributed by atoms with Crippen LogP contribution >= 0.6 is 24.0 Å². The number of halogens is 1. The van der Waals surface area contributed by atoms with Crippen molar-refractivity contribution in [2.75, 3.05) is 13.1 Å². The largest absolute Gasteiger partial charge is 0.388 e. The molecule has 27 heavy (non-hydrogen) atoms. The minimum absolute atomic E-state index is 0. The second kappa shape index (κ2) is 12.6. The van der Waals surface area contributed by atoms with Crippen molar-refractivity contribution in [3.05, 3.63) is 18.0 Å². The SMILES string of the molecule is CCCC(O)(CCC)CNC(=NCc1ccn(C2CCCC2)n1)NCC.I. The van der Waals surface area contributed by atoms with E-state index in [-0.39, 0.29) is 24.0 Å². The van der Waals surface area contributed by atoms with Gasteiger partial charge in [0.05, 0.1) is 23.9 Å². The van der Waals surface area contributed by atoms with Gasteiger partial charge in [-0.3, -0.25) is 4.68 Å². The maximum atomic E-state index is 10.8. The summed E-state index contributed by atoms with van der Waals surface area (Å²) in [4.78, 5) is 4.65. The third-order valence-electron chi connectivity index (χ3n) is 5.12. The van der Waals surface area contributed by atoms with E-state index in [1.54, 1.807) is 0 Å². The van der Waals surface area contributed by atoms with E-state index in [0.29, 0.717) is 19.1 Å². The van der Waals surface area contributed by atoms with Crippen LogP contribution in [-0.2, 0) is 6.54 Å². The van der Waals surface area contributed by atoms with Crippen LogP contribution in [0.25, 0.3) is 0 Å². The van der Waals surface area contributed by atoms with Gasteiger partial charge in [0.25, 0.3) is 0 Å². The molecule has 7 heteroatoms. The maximum Gasteiger partial charge on any atom is 0.191 e. The van der Waals surface area contributed by atoms with E-state index in [4.69, 9.17) is 5.10 Å². The van der Waals surface area contributed by atoms with Crippen LogP contribution in [0.15, 0.2) is 17.3 Å². The van der Waals surface area contributed by atoms with Crippen LogP contribution in [0, 0.1) is 0 Å². The van der Waals surface area contributed by atoms with E-state index >= 15 is 0 Å². The summed E-state index contributed by atoms with van der Waals surface area (Å²) < 4.78 is 2.11. The Morgan fingerprint density at radius 1 is 1.22 bits per heavy atom. The minimum atomic E-state index is -0.663. The van der Waals surface area contributed by atoms with E-state index in [9.17, 15) is 5.11 Å². The van der Waals surface area contributed by atoms with Crippen LogP contribution in [0.4, 0.5) is 0 Å². The standard InChI is InChI=1S/C20H37N5O.HI/c1-4-12-20(26,13-5-2)16-23-19(21-6-3)22-15-17-11-14-25(24-17)18-9-7-8-10-18;/h11,14,18,26H,4-10,12-13,15-16H2,1-3H3,(H2,21,22,23);1H. The van der Waals surface area contributed by atoms with Gasteiger partial charge in [-0.25, -0.2) is 4.99 Å². The van der Waals surface area contributed by atoms with Crippen molar-refractivity contribution in [1.82, 2.24) is 20.4 Å². The number of hydrogen-bond donors (Lipinski definition) is 3. The van der Waals surface area contributed by atoms with Gasteiger partial charge in [0.2, 0.25) is 0 Å². The predicted octanol–water partition coefficient (Wildman–Crippen LogP) is 4.00. The molecule has 1 aromatic rings. The third-order valence-corrected chi connectivity index (χ3v) is 5.12. The molecule has 6 nitrogen and oxygen atoms in total. The number of aliphatic imine (C=N–C) groups is 1. The number of guanidine groups is 1. The predicted molar refractivity (Wildman–Crippen MR) is 123 cm³/mol. The van der Waals surface area contributed by atoms with Crippen molar-refractivity contribution in [3.8, 4) is 0 Å². The van der Waals surface area contributed by atoms with E-state index in [0.717, 1.165) is 43.9 Å². The topological polar surface area (TPSA) is 74.5 Å². The van der Waals surface area contributed by atoms with Gasteiger partial charge in [-0.2, -0.15) is 5.10 Å². The van der Waals surface area contributed by atoms with Gasteiger partial charge in [0.15, 0.2) is 5.96 Å². The van der Waals surface area contributed by atoms with Gasteiger partial charge in [-0.15, -0.1) is 24.0 Å². The molecule has 0 radical (unpaired) electrons. The fraction of sp³-hybridized carbons (Fsp3) is 0.800. The Hall–Kier alpha value is -0.830. The summed E-state index contributed by atoms with van der Waals surface area (Å²) in [7, 11) is 0. The summed E-state index contributed by atoms with van der Waals surface area (Å²) >= 11 is 0. The summed E-state index contributed by atoms with van der Waals surface area (Å²) in [5, 5.41) is 22.1. The lowest BCUT2D eigenvalue weighted by molar-refractivity contribution is 0.0257. The van der Waals surface area contributed by atoms with Crippen molar-refractivity contribution in [2.24, 2.45) is 4.99 Å². The first-order chi connectivity index (χ1) is 12.6. The number of nitrogens with zero attached hydrogens (tertiary/aromatic N) is 3. The first-order valence-corrected chi connectivity index (χ1v) is 10.4. The number of rotatable bonds is 10. The van der Waals surface area contributed by atoms with E-state index in [2.05, 4.69) is 53.3 Å².